The molecule has 1 aromatic carbocycles. The van der Waals surface area contributed by atoms with E-state index in [0.29, 0.717) is 0 Å². The third kappa shape index (κ3) is 2.22. The molecule has 0 spiro atoms. The van der Waals surface area contributed by atoms with Gasteiger partial charge in [0.05, 0.1) is 20.6 Å². The molecule has 6 heteroatoms. The fraction of sp³-hybridized carbons (Fsp3) is 0.143. The van der Waals surface area contributed by atoms with E-state index in [2.05, 4.69) is 0 Å². The van der Waals surface area contributed by atoms with Crippen LogP contribution in [0.25, 0.3) is 0 Å². The van der Waals surface area contributed by atoms with Crippen LogP contribution in [0.5, 0.6) is 0 Å². The van der Waals surface area contributed by atoms with Gasteiger partial charge >= 0.3 is 6.18 Å². The van der Waals surface area contributed by atoms with Gasteiger partial charge < -0.3 is 0 Å². The molecule has 0 fully saturated rings. The molecule has 13 heavy (non-hydrogen) atoms. The Bertz CT molecular complexity index is 332. The van der Waals surface area contributed by atoms with Gasteiger partial charge in [-0.05, 0) is 12.1 Å². The monoisotopic (exact) mass is 248 g/mol. The standard InChI is InChI=1S/C7H2Cl3F3/c8-3-1-2-4(9)6(10)5(3)7(11,12)13/h1-2H. The van der Waals surface area contributed by atoms with E-state index < -0.39 is 21.8 Å². The van der Waals surface area contributed by atoms with Crippen LogP contribution in [0, 0.1) is 0 Å². The van der Waals surface area contributed by atoms with Crippen molar-refractivity contribution in [3.63, 3.8) is 0 Å². The minimum atomic E-state index is -4.58. The van der Waals surface area contributed by atoms with Crippen molar-refractivity contribution in [1.29, 1.82) is 0 Å². The maximum absolute atomic E-state index is 12.3. The summed E-state index contributed by atoms with van der Waals surface area (Å²) in [6, 6.07) is 2.26. The predicted molar refractivity (Wildman–Crippen MR) is 46.5 cm³/mol. The number of alkyl halides is 3. The van der Waals surface area contributed by atoms with Crippen molar-refractivity contribution in [3.8, 4) is 0 Å². The van der Waals surface area contributed by atoms with Crippen molar-refractivity contribution in [2.24, 2.45) is 0 Å². The Morgan fingerprint density at radius 3 is 1.77 bits per heavy atom. The average molecular weight is 249 g/mol. The van der Waals surface area contributed by atoms with Gasteiger partial charge in [-0.25, -0.2) is 0 Å². The van der Waals surface area contributed by atoms with Crippen molar-refractivity contribution < 1.29 is 13.2 Å². The van der Waals surface area contributed by atoms with Crippen molar-refractivity contribution in [1.82, 2.24) is 0 Å². The maximum Gasteiger partial charge on any atom is 0.419 e. The molecule has 0 amide bonds. The quantitative estimate of drug-likeness (QED) is 0.586. The third-order valence-electron chi connectivity index (χ3n) is 1.33. The van der Waals surface area contributed by atoms with Gasteiger partial charge in [0.1, 0.15) is 0 Å². The molecule has 1 rings (SSSR count). The first kappa shape index (κ1) is 11.0. The number of halogens is 6. The zero-order valence-electron chi connectivity index (χ0n) is 5.92. The number of hydrogen-bond donors (Lipinski definition) is 0. The molecule has 0 aliphatic heterocycles. The van der Waals surface area contributed by atoms with Crippen molar-refractivity contribution in [3.05, 3.63) is 32.8 Å². The second-order valence-electron chi connectivity index (χ2n) is 2.22. The summed E-state index contributed by atoms with van der Waals surface area (Å²) in [7, 11) is 0. The molecule has 0 unspecified atom stereocenters. The first-order valence-corrected chi connectivity index (χ1v) is 4.18. The van der Waals surface area contributed by atoms with Crippen LogP contribution < -0.4 is 0 Å². The smallest absolute Gasteiger partial charge is 0.166 e. The first-order valence-electron chi connectivity index (χ1n) is 3.04. The third-order valence-corrected chi connectivity index (χ3v) is 2.45. The van der Waals surface area contributed by atoms with Crippen LogP contribution in [0.1, 0.15) is 5.56 Å². The fourth-order valence-electron chi connectivity index (χ4n) is 0.787. The van der Waals surface area contributed by atoms with Gasteiger partial charge in [0, 0.05) is 0 Å². The van der Waals surface area contributed by atoms with E-state index in [1.165, 1.54) is 6.07 Å². The molecule has 0 heterocycles. The Balaban J connectivity index is 3.43. The molecule has 0 saturated heterocycles. The van der Waals surface area contributed by atoms with Crippen LogP contribution in [-0.4, -0.2) is 0 Å². The molecule has 0 aliphatic carbocycles. The Morgan fingerprint density at radius 2 is 1.38 bits per heavy atom. The van der Waals surface area contributed by atoms with E-state index in [1.54, 1.807) is 0 Å². The van der Waals surface area contributed by atoms with Crippen molar-refractivity contribution in [2.75, 3.05) is 0 Å². The van der Waals surface area contributed by atoms with E-state index in [-0.39, 0.29) is 5.02 Å². The predicted octanol–water partition coefficient (Wildman–Crippen LogP) is 4.67. The normalized spacial score (nSPS) is 11.8. The lowest BCUT2D eigenvalue weighted by Crippen LogP contribution is -2.06. The average Bonchev–Trinajstić information content (AvgIpc) is 1.95. The fourth-order valence-corrected chi connectivity index (χ4v) is 1.53. The van der Waals surface area contributed by atoms with Crippen molar-refractivity contribution >= 4 is 34.8 Å². The highest BCUT2D eigenvalue weighted by Crippen LogP contribution is 2.42. The highest BCUT2D eigenvalue weighted by molar-refractivity contribution is 6.44. The van der Waals surface area contributed by atoms with E-state index >= 15 is 0 Å². The van der Waals surface area contributed by atoms with Crippen LogP contribution >= 0.6 is 34.8 Å². The molecule has 0 aromatic heterocycles. The lowest BCUT2D eigenvalue weighted by atomic mass is 10.2. The van der Waals surface area contributed by atoms with Crippen LogP contribution in [0.15, 0.2) is 12.1 Å². The maximum atomic E-state index is 12.3. The van der Waals surface area contributed by atoms with Gasteiger partial charge in [0.15, 0.2) is 0 Å². The van der Waals surface area contributed by atoms with Crippen LogP contribution in [-0.2, 0) is 6.18 Å². The Labute approximate surface area is 87.2 Å². The summed E-state index contributed by atoms with van der Waals surface area (Å²) in [6.07, 6.45) is -4.58. The molecule has 72 valence electrons. The summed E-state index contributed by atoms with van der Waals surface area (Å²) in [4.78, 5) is 0. The SMILES string of the molecule is FC(F)(F)c1c(Cl)ccc(Cl)c1Cl. The number of benzene rings is 1. The molecule has 0 radical (unpaired) electrons. The van der Waals surface area contributed by atoms with Gasteiger partial charge in [-0.2, -0.15) is 13.2 Å². The zero-order valence-corrected chi connectivity index (χ0v) is 8.19. The second kappa shape index (κ2) is 3.56. The van der Waals surface area contributed by atoms with Gasteiger partial charge in [0.2, 0.25) is 0 Å². The molecule has 0 aliphatic rings. The van der Waals surface area contributed by atoms with Gasteiger partial charge in [-0.1, -0.05) is 34.8 Å². The van der Waals surface area contributed by atoms with E-state index in [1.807, 2.05) is 0 Å². The van der Waals surface area contributed by atoms with E-state index in [9.17, 15) is 13.2 Å². The summed E-state index contributed by atoms with van der Waals surface area (Å²) in [5, 5.41) is -1.19. The summed E-state index contributed by atoms with van der Waals surface area (Å²) in [5.74, 6) is 0. The van der Waals surface area contributed by atoms with Gasteiger partial charge in [-0.15, -0.1) is 0 Å². The summed E-state index contributed by atoms with van der Waals surface area (Å²) >= 11 is 16.1. The summed E-state index contributed by atoms with van der Waals surface area (Å²) in [6.45, 7) is 0. The molecule has 0 N–H and O–H groups in total. The molecule has 0 bridgehead atoms. The van der Waals surface area contributed by atoms with Crippen molar-refractivity contribution in [2.45, 2.75) is 6.18 Å². The Kier molecular flexibility index (Phi) is 3.00. The molecule has 0 nitrogen and oxygen atoms in total. The molecule has 1 aromatic rings. The van der Waals surface area contributed by atoms with Crippen LogP contribution in [0.4, 0.5) is 13.2 Å². The Morgan fingerprint density at radius 1 is 0.923 bits per heavy atom. The minimum absolute atomic E-state index is 0.168. The number of rotatable bonds is 0. The van der Waals surface area contributed by atoms with Crippen LogP contribution in [0.2, 0.25) is 15.1 Å². The minimum Gasteiger partial charge on any atom is -0.166 e. The zero-order chi connectivity index (χ0) is 10.2. The highest BCUT2D eigenvalue weighted by atomic mass is 35.5. The highest BCUT2D eigenvalue weighted by Gasteiger charge is 2.36. The topological polar surface area (TPSA) is 0 Å². The van der Waals surface area contributed by atoms with E-state index in [0.717, 1.165) is 6.07 Å². The lowest BCUT2D eigenvalue weighted by molar-refractivity contribution is -0.137. The second-order valence-corrected chi connectivity index (χ2v) is 3.41. The van der Waals surface area contributed by atoms with Gasteiger partial charge in [0.25, 0.3) is 0 Å². The summed E-state index contributed by atoms with van der Waals surface area (Å²) in [5.41, 5.74) is -1.09. The number of hydrogen-bond acceptors (Lipinski definition) is 0. The molecular formula is C7H2Cl3F3. The first-order chi connectivity index (χ1) is 5.84. The van der Waals surface area contributed by atoms with Gasteiger partial charge in [-0.3, -0.25) is 0 Å². The Hall–Kier alpha value is -0.120. The molecule has 0 saturated carbocycles. The summed E-state index contributed by atoms with van der Waals surface area (Å²) < 4.78 is 36.8. The molecular weight excluding hydrogens is 247 g/mol. The largest absolute Gasteiger partial charge is 0.419 e. The van der Waals surface area contributed by atoms with Crippen LogP contribution in [0.3, 0.4) is 0 Å². The lowest BCUT2D eigenvalue weighted by Gasteiger charge is -2.11. The molecule has 0 atom stereocenters. The van der Waals surface area contributed by atoms with E-state index in [4.69, 9.17) is 34.8 Å².